The molecule has 2 rings (SSSR count). The Labute approximate surface area is 115 Å². The fourth-order valence-electron chi connectivity index (χ4n) is 2.37. The summed E-state index contributed by atoms with van der Waals surface area (Å²) in [4.78, 5) is 2.24. The molecular weight excluding hydrogens is 232 g/mol. The molecule has 0 bridgehead atoms. The molecule has 2 heteroatoms. The van der Waals surface area contributed by atoms with Gasteiger partial charge in [-0.25, -0.2) is 0 Å². The molecule has 0 heterocycles. The summed E-state index contributed by atoms with van der Waals surface area (Å²) in [5.41, 5.74) is 10.7. The molecule has 2 nitrogen and oxygen atoms in total. The Balaban J connectivity index is 2.36. The second kappa shape index (κ2) is 6.00. The van der Waals surface area contributed by atoms with Gasteiger partial charge in [0.15, 0.2) is 0 Å². The highest BCUT2D eigenvalue weighted by molar-refractivity contribution is 5.34. The lowest BCUT2D eigenvalue weighted by Gasteiger charge is -2.25. The van der Waals surface area contributed by atoms with Crippen LogP contribution in [0.15, 0.2) is 48.5 Å². The van der Waals surface area contributed by atoms with Crippen molar-refractivity contribution in [1.82, 2.24) is 4.90 Å². The van der Waals surface area contributed by atoms with Crippen molar-refractivity contribution in [3.8, 4) is 0 Å². The highest BCUT2D eigenvalue weighted by atomic mass is 15.1. The lowest BCUT2D eigenvalue weighted by atomic mass is 9.96. The molecule has 0 radical (unpaired) electrons. The van der Waals surface area contributed by atoms with Crippen LogP contribution in [0.1, 0.15) is 28.3 Å². The standard InChI is InChI=1S/C17H22N2/c1-13-4-8-15(9-5-13)17(19(2)3)16-10-6-14(12-18)7-11-16/h4-11,17H,12,18H2,1-3H3. The number of nitrogens with zero attached hydrogens (tertiary/aromatic N) is 1. The maximum Gasteiger partial charge on any atom is 0.0596 e. The van der Waals surface area contributed by atoms with Crippen molar-refractivity contribution in [3.05, 3.63) is 70.8 Å². The van der Waals surface area contributed by atoms with Crippen molar-refractivity contribution in [1.29, 1.82) is 0 Å². The largest absolute Gasteiger partial charge is 0.326 e. The molecular formula is C17H22N2. The average Bonchev–Trinajstić information content (AvgIpc) is 2.42. The molecule has 0 aliphatic carbocycles. The number of nitrogens with two attached hydrogens (primary N) is 1. The van der Waals surface area contributed by atoms with Crippen molar-refractivity contribution in [2.75, 3.05) is 14.1 Å². The van der Waals surface area contributed by atoms with Gasteiger partial charge in [0.25, 0.3) is 0 Å². The van der Waals surface area contributed by atoms with Crippen LogP contribution >= 0.6 is 0 Å². The van der Waals surface area contributed by atoms with Gasteiger partial charge in [-0.3, -0.25) is 4.90 Å². The van der Waals surface area contributed by atoms with E-state index < -0.39 is 0 Å². The molecule has 2 N–H and O–H groups in total. The van der Waals surface area contributed by atoms with Crippen molar-refractivity contribution in [3.63, 3.8) is 0 Å². The topological polar surface area (TPSA) is 29.3 Å². The molecule has 100 valence electrons. The van der Waals surface area contributed by atoms with E-state index in [1.54, 1.807) is 0 Å². The summed E-state index contributed by atoms with van der Waals surface area (Å²) in [5, 5.41) is 0. The predicted octanol–water partition coefficient (Wildman–Crippen LogP) is 3.10. The van der Waals surface area contributed by atoms with Crippen molar-refractivity contribution >= 4 is 0 Å². The van der Waals surface area contributed by atoms with Gasteiger partial charge in [0.2, 0.25) is 0 Å². The summed E-state index contributed by atoms with van der Waals surface area (Å²) in [5.74, 6) is 0. The Bertz CT molecular complexity index is 512. The summed E-state index contributed by atoms with van der Waals surface area (Å²) in [7, 11) is 4.22. The SMILES string of the molecule is Cc1ccc(C(c2ccc(CN)cc2)N(C)C)cc1. The first-order valence-corrected chi connectivity index (χ1v) is 6.63. The second-order valence-electron chi connectivity index (χ2n) is 5.22. The Hall–Kier alpha value is -1.64. The van der Waals surface area contributed by atoms with E-state index in [0.717, 1.165) is 0 Å². The van der Waals surface area contributed by atoms with Crippen LogP contribution < -0.4 is 5.73 Å². The van der Waals surface area contributed by atoms with Gasteiger partial charge in [-0.1, -0.05) is 54.1 Å². The Kier molecular flexibility index (Phi) is 4.35. The van der Waals surface area contributed by atoms with Gasteiger partial charge in [0, 0.05) is 6.54 Å². The average molecular weight is 254 g/mol. The number of aryl methyl sites for hydroxylation is 1. The zero-order chi connectivity index (χ0) is 13.8. The first kappa shape index (κ1) is 13.8. The Morgan fingerprint density at radius 3 is 1.79 bits per heavy atom. The maximum absolute atomic E-state index is 5.65. The van der Waals surface area contributed by atoms with E-state index >= 15 is 0 Å². The summed E-state index contributed by atoms with van der Waals surface area (Å²) in [6, 6.07) is 17.6. The van der Waals surface area contributed by atoms with E-state index in [1.807, 2.05) is 0 Å². The maximum atomic E-state index is 5.65. The van der Waals surface area contributed by atoms with Crippen LogP contribution in [-0.4, -0.2) is 19.0 Å². The zero-order valence-electron chi connectivity index (χ0n) is 11.9. The molecule has 1 unspecified atom stereocenters. The van der Waals surface area contributed by atoms with Gasteiger partial charge in [0.05, 0.1) is 6.04 Å². The molecule has 0 aliphatic heterocycles. The molecule has 0 spiro atoms. The highest BCUT2D eigenvalue weighted by Crippen LogP contribution is 2.27. The second-order valence-corrected chi connectivity index (χ2v) is 5.22. The minimum absolute atomic E-state index is 0.285. The number of benzene rings is 2. The van der Waals surface area contributed by atoms with Crippen molar-refractivity contribution in [2.24, 2.45) is 5.73 Å². The normalized spacial score (nSPS) is 12.7. The van der Waals surface area contributed by atoms with Crippen LogP contribution in [0.5, 0.6) is 0 Å². The van der Waals surface area contributed by atoms with Gasteiger partial charge in [-0.15, -0.1) is 0 Å². The van der Waals surface area contributed by atoms with E-state index in [2.05, 4.69) is 74.4 Å². The highest BCUT2D eigenvalue weighted by Gasteiger charge is 2.16. The quantitative estimate of drug-likeness (QED) is 0.908. The van der Waals surface area contributed by atoms with Gasteiger partial charge in [0.1, 0.15) is 0 Å². The molecule has 0 aliphatic rings. The van der Waals surface area contributed by atoms with Gasteiger partial charge < -0.3 is 5.73 Å². The monoisotopic (exact) mass is 254 g/mol. The number of rotatable bonds is 4. The molecule has 1 atom stereocenters. The molecule has 0 saturated heterocycles. The minimum atomic E-state index is 0.285. The first-order valence-electron chi connectivity index (χ1n) is 6.63. The third kappa shape index (κ3) is 3.22. The molecule has 0 aromatic heterocycles. The van der Waals surface area contributed by atoms with E-state index in [0.29, 0.717) is 6.54 Å². The third-order valence-corrected chi connectivity index (χ3v) is 3.44. The molecule has 0 amide bonds. The molecule has 0 saturated carbocycles. The van der Waals surface area contributed by atoms with Gasteiger partial charge >= 0.3 is 0 Å². The van der Waals surface area contributed by atoms with Crippen LogP contribution in [0.2, 0.25) is 0 Å². The fourth-order valence-corrected chi connectivity index (χ4v) is 2.37. The number of hydrogen-bond donors (Lipinski definition) is 1. The third-order valence-electron chi connectivity index (χ3n) is 3.44. The van der Waals surface area contributed by atoms with Crippen LogP contribution in [-0.2, 0) is 6.54 Å². The van der Waals surface area contributed by atoms with Crippen molar-refractivity contribution < 1.29 is 0 Å². The van der Waals surface area contributed by atoms with Crippen molar-refractivity contribution in [2.45, 2.75) is 19.5 Å². The predicted molar refractivity (Wildman–Crippen MR) is 81.0 cm³/mol. The smallest absolute Gasteiger partial charge is 0.0596 e. The van der Waals surface area contributed by atoms with E-state index in [9.17, 15) is 0 Å². The van der Waals surface area contributed by atoms with Crippen LogP contribution in [0, 0.1) is 6.92 Å². The molecule has 2 aromatic carbocycles. The van der Waals surface area contributed by atoms with E-state index in [1.165, 1.54) is 22.3 Å². The first-order chi connectivity index (χ1) is 9.11. The summed E-state index contributed by atoms with van der Waals surface area (Å²) < 4.78 is 0. The van der Waals surface area contributed by atoms with E-state index in [-0.39, 0.29) is 6.04 Å². The molecule has 19 heavy (non-hydrogen) atoms. The zero-order valence-corrected chi connectivity index (χ0v) is 11.9. The molecule has 0 fully saturated rings. The fraction of sp³-hybridized carbons (Fsp3) is 0.294. The molecule has 2 aromatic rings. The lowest BCUT2D eigenvalue weighted by molar-refractivity contribution is 0.342. The van der Waals surface area contributed by atoms with Crippen LogP contribution in [0.3, 0.4) is 0 Å². The van der Waals surface area contributed by atoms with Crippen LogP contribution in [0.4, 0.5) is 0 Å². The lowest BCUT2D eigenvalue weighted by Crippen LogP contribution is -2.21. The summed E-state index contributed by atoms with van der Waals surface area (Å²) >= 11 is 0. The van der Waals surface area contributed by atoms with Gasteiger partial charge in [-0.05, 0) is 37.7 Å². The van der Waals surface area contributed by atoms with Gasteiger partial charge in [-0.2, -0.15) is 0 Å². The summed E-state index contributed by atoms with van der Waals surface area (Å²) in [6.45, 7) is 2.71. The Morgan fingerprint density at radius 1 is 0.895 bits per heavy atom. The van der Waals surface area contributed by atoms with E-state index in [4.69, 9.17) is 5.73 Å². The minimum Gasteiger partial charge on any atom is -0.326 e. The summed E-state index contributed by atoms with van der Waals surface area (Å²) in [6.07, 6.45) is 0. The van der Waals surface area contributed by atoms with Crippen LogP contribution in [0.25, 0.3) is 0 Å². The Morgan fingerprint density at radius 2 is 1.37 bits per heavy atom. The number of hydrogen-bond acceptors (Lipinski definition) is 2.